The van der Waals surface area contributed by atoms with Crippen LogP contribution in [0.2, 0.25) is 5.15 Å². The maximum Gasteiger partial charge on any atom is 0.279 e. The minimum atomic E-state index is 0.0363. The Balaban J connectivity index is 1.52. The van der Waals surface area contributed by atoms with Crippen LogP contribution in [-0.4, -0.2) is 30.5 Å². The third-order valence-electron chi connectivity index (χ3n) is 4.93. The van der Waals surface area contributed by atoms with Crippen LogP contribution >= 0.6 is 11.6 Å². The highest BCUT2D eigenvalue weighted by Gasteiger charge is 2.34. The highest BCUT2D eigenvalue weighted by molar-refractivity contribution is 6.32. The molecule has 1 aliphatic carbocycles. The number of likely N-dealkylation sites (tertiary alicyclic amines) is 1. The quantitative estimate of drug-likeness (QED) is 0.836. The lowest BCUT2D eigenvalue weighted by atomic mass is 9.75. The van der Waals surface area contributed by atoms with Crippen LogP contribution in [0, 0.1) is 11.8 Å². The summed E-state index contributed by atoms with van der Waals surface area (Å²) in [5.74, 6) is 1.78. The normalized spacial score (nSPS) is 28.7. The molecule has 2 aliphatic rings. The standard InChI is InChI=1S/C16H22ClN3O/c17-16-14(6-3-8-18-16)19-15(21)11-20-9-7-12-4-1-2-5-13(12)10-20/h3,6,8,12-13H,1-2,4-5,7,9-11H2,(H,19,21)/p+1/t12-,13+/m0/s1. The second-order valence-corrected chi connectivity index (χ2v) is 6.72. The van der Waals surface area contributed by atoms with E-state index in [0.717, 1.165) is 24.9 Å². The number of nitrogens with zero attached hydrogens (tertiary/aromatic N) is 1. The van der Waals surface area contributed by atoms with Crippen LogP contribution in [0.15, 0.2) is 18.3 Å². The first kappa shape index (κ1) is 14.8. The Kier molecular flexibility index (Phi) is 4.76. The van der Waals surface area contributed by atoms with E-state index in [1.54, 1.807) is 18.3 Å². The van der Waals surface area contributed by atoms with Crippen molar-refractivity contribution < 1.29 is 9.69 Å². The van der Waals surface area contributed by atoms with Crippen molar-refractivity contribution in [2.75, 3.05) is 25.0 Å². The number of aromatic nitrogens is 1. The number of quaternary nitrogens is 1. The Labute approximate surface area is 130 Å². The lowest BCUT2D eigenvalue weighted by molar-refractivity contribution is -0.902. The zero-order chi connectivity index (χ0) is 14.7. The number of nitrogens with one attached hydrogen (secondary N) is 2. The summed E-state index contributed by atoms with van der Waals surface area (Å²) in [6.45, 7) is 2.81. The molecule has 4 nitrogen and oxygen atoms in total. The van der Waals surface area contributed by atoms with Gasteiger partial charge in [-0.05, 0) is 37.3 Å². The Morgan fingerprint density at radius 1 is 1.33 bits per heavy atom. The van der Waals surface area contributed by atoms with E-state index in [1.807, 2.05) is 0 Å². The molecule has 3 atom stereocenters. The van der Waals surface area contributed by atoms with Gasteiger partial charge < -0.3 is 10.2 Å². The van der Waals surface area contributed by atoms with E-state index in [2.05, 4.69) is 10.3 Å². The van der Waals surface area contributed by atoms with Crippen molar-refractivity contribution in [3.05, 3.63) is 23.5 Å². The molecule has 2 fully saturated rings. The van der Waals surface area contributed by atoms with Crippen molar-refractivity contribution in [3.8, 4) is 0 Å². The zero-order valence-electron chi connectivity index (χ0n) is 12.3. The Hall–Kier alpha value is -1.13. The number of rotatable bonds is 3. The predicted octanol–water partition coefficient (Wildman–Crippen LogP) is 1.77. The first-order valence-electron chi connectivity index (χ1n) is 7.96. The molecule has 1 amide bonds. The van der Waals surface area contributed by atoms with Crippen LogP contribution in [0.1, 0.15) is 32.1 Å². The number of pyridine rings is 1. The van der Waals surface area contributed by atoms with Crippen molar-refractivity contribution in [3.63, 3.8) is 0 Å². The molecule has 2 heterocycles. The number of anilines is 1. The molecule has 114 valence electrons. The molecule has 0 bridgehead atoms. The molecule has 0 spiro atoms. The maximum absolute atomic E-state index is 12.2. The summed E-state index contributed by atoms with van der Waals surface area (Å²) < 4.78 is 0. The van der Waals surface area contributed by atoms with Gasteiger partial charge in [0.15, 0.2) is 11.7 Å². The van der Waals surface area contributed by atoms with Crippen LogP contribution in [-0.2, 0) is 4.79 Å². The molecular weight excluding hydrogens is 286 g/mol. The lowest BCUT2D eigenvalue weighted by Gasteiger charge is -2.38. The van der Waals surface area contributed by atoms with Gasteiger partial charge in [0.25, 0.3) is 5.91 Å². The first-order valence-corrected chi connectivity index (χ1v) is 8.34. The lowest BCUT2D eigenvalue weighted by Crippen LogP contribution is -3.15. The van der Waals surface area contributed by atoms with E-state index in [1.165, 1.54) is 37.0 Å². The van der Waals surface area contributed by atoms with Gasteiger partial charge in [-0.1, -0.05) is 24.4 Å². The number of piperidine rings is 1. The number of carbonyl (C=O) groups is 1. The Morgan fingerprint density at radius 2 is 2.14 bits per heavy atom. The molecule has 2 N–H and O–H groups in total. The molecular formula is C16H23ClN3O+. The number of amides is 1. The molecule has 1 aliphatic heterocycles. The Morgan fingerprint density at radius 3 is 2.95 bits per heavy atom. The summed E-state index contributed by atoms with van der Waals surface area (Å²) in [4.78, 5) is 17.6. The Bertz CT molecular complexity index is 508. The molecule has 21 heavy (non-hydrogen) atoms. The predicted molar refractivity (Wildman–Crippen MR) is 83.5 cm³/mol. The number of carbonyl (C=O) groups excluding carboxylic acids is 1. The van der Waals surface area contributed by atoms with Gasteiger partial charge in [-0.25, -0.2) is 4.98 Å². The summed E-state index contributed by atoms with van der Waals surface area (Å²) >= 11 is 5.97. The van der Waals surface area contributed by atoms with E-state index in [4.69, 9.17) is 11.6 Å². The molecule has 3 rings (SSSR count). The third-order valence-corrected chi connectivity index (χ3v) is 5.23. The maximum atomic E-state index is 12.2. The van der Waals surface area contributed by atoms with E-state index < -0.39 is 0 Å². The number of fused-ring (bicyclic) bond motifs is 1. The number of hydrogen-bond acceptors (Lipinski definition) is 2. The van der Waals surface area contributed by atoms with E-state index in [0.29, 0.717) is 17.4 Å². The van der Waals surface area contributed by atoms with Crippen molar-refractivity contribution in [2.45, 2.75) is 32.1 Å². The molecule has 0 aromatic carbocycles. The SMILES string of the molecule is O=C(C[NH+]1CC[C@@H]2CCCC[C@@H]2C1)Nc1cccnc1Cl. The molecule has 1 aromatic rings. The van der Waals surface area contributed by atoms with Crippen LogP contribution in [0.25, 0.3) is 0 Å². The highest BCUT2D eigenvalue weighted by atomic mass is 35.5. The fourth-order valence-corrected chi connectivity index (χ4v) is 4.02. The van der Waals surface area contributed by atoms with Gasteiger partial charge in [-0.15, -0.1) is 0 Å². The average molecular weight is 309 g/mol. The topological polar surface area (TPSA) is 46.4 Å². The molecule has 1 aromatic heterocycles. The van der Waals surface area contributed by atoms with Gasteiger partial charge in [-0.2, -0.15) is 0 Å². The van der Waals surface area contributed by atoms with Crippen molar-refractivity contribution in [1.29, 1.82) is 0 Å². The van der Waals surface area contributed by atoms with Crippen LogP contribution in [0.5, 0.6) is 0 Å². The number of halogens is 1. The number of hydrogen-bond donors (Lipinski definition) is 2. The second kappa shape index (κ2) is 6.75. The summed E-state index contributed by atoms with van der Waals surface area (Å²) in [6.07, 6.45) is 8.42. The van der Waals surface area contributed by atoms with E-state index in [9.17, 15) is 4.79 Å². The second-order valence-electron chi connectivity index (χ2n) is 6.36. The van der Waals surface area contributed by atoms with Gasteiger partial charge in [0.1, 0.15) is 0 Å². The largest absolute Gasteiger partial charge is 0.327 e. The van der Waals surface area contributed by atoms with Gasteiger partial charge in [0, 0.05) is 12.1 Å². The highest BCUT2D eigenvalue weighted by Crippen LogP contribution is 2.32. The van der Waals surface area contributed by atoms with Gasteiger partial charge in [-0.3, -0.25) is 4.79 Å². The molecule has 1 saturated carbocycles. The third kappa shape index (κ3) is 3.74. The molecule has 0 radical (unpaired) electrons. The van der Waals surface area contributed by atoms with Gasteiger partial charge in [0.05, 0.1) is 18.8 Å². The van der Waals surface area contributed by atoms with Crippen LogP contribution < -0.4 is 10.2 Å². The fourth-order valence-electron chi connectivity index (χ4n) is 3.86. The minimum Gasteiger partial charge on any atom is -0.327 e. The van der Waals surface area contributed by atoms with Crippen LogP contribution in [0.4, 0.5) is 5.69 Å². The van der Waals surface area contributed by atoms with Crippen molar-refractivity contribution in [1.82, 2.24) is 4.98 Å². The first-order chi connectivity index (χ1) is 10.2. The monoisotopic (exact) mass is 308 g/mol. The molecule has 5 heteroatoms. The summed E-state index contributed by atoms with van der Waals surface area (Å²) in [5.41, 5.74) is 0.608. The van der Waals surface area contributed by atoms with Crippen molar-refractivity contribution >= 4 is 23.2 Å². The van der Waals surface area contributed by atoms with Crippen LogP contribution in [0.3, 0.4) is 0 Å². The summed E-state index contributed by atoms with van der Waals surface area (Å²) in [7, 11) is 0. The summed E-state index contributed by atoms with van der Waals surface area (Å²) in [6, 6.07) is 3.57. The van der Waals surface area contributed by atoms with Crippen molar-refractivity contribution in [2.24, 2.45) is 11.8 Å². The van der Waals surface area contributed by atoms with E-state index >= 15 is 0 Å². The molecule has 1 saturated heterocycles. The summed E-state index contributed by atoms with van der Waals surface area (Å²) in [5, 5.41) is 3.23. The van der Waals surface area contributed by atoms with Gasteiger partial charge in [0.2, 0.25) is 0 Å². The minimum absolute atomic E-state index is 0.0363. The van der Waals surface area contributed by atoms with E-state index in [-0.39, 0.29) is 5.91 Å². The zero-order valence-corrected chi connectivity index (χ0v) is 13.0. The fraction of sp³-hybridized carbons (Fsp3) is 0.625. The molecule has 1 unspecified atom stereocenters. The smallest absolute Gasteiger partial charge is 0.279 e. The van der Waals surface area contributed by atoms with Gasteiger partial charge >= 0.3 is 0 Å². The average Bonchev–Trinajstić information content (AvgIpc) is 2.49.